The summed E-state index contributed by atoms with van der Waals surface area (Å²) < 4.78 is 1.21. The maximum absolute atomic E-state index is 4.44. The molecule has 1 fully saturated rings. The van der Waals surface area contributed by atoms with E-state index < -0.39 is 0 Å². The second kappa shape index (κ2) is 5.45. The van der Waals surface area contributed by atoms with Crippen molar-refractivity contribution in [1.82, 2.24) is 9.97 Å². The molecule has 102 valence electrons. The number of thiophene rings is 1. The molecule has 0 saturated heterocycles. The SMILES string of the molecule is CCC1CCC(Nc2ncnc3c(C)csc23)CC1. The van der Waals surface area contributed by atoms with E-state index in [-0.39, 0.29) is 0 Å². The molecular formula is C15H21N3S. The predicted molar refractivity (Wildman–Crippen MR) is 81.8 cm³/mol. The van der Waals surface area contributed by atoms with E-state index in [9.17, 15) is 0 Å². The lowest BCUT2D eigenvalue weighted by atomic mass is 9.84. The van der Waals surface area contributed by atoms with Gasteiger partial charge in [0.05, 0.1) is 10.2 Å². The highest BCUT2D eigenvalue weighted by molar-refractivity contribution is 7.18. The van der Waals surface area contributed by atoms with Crippen molar-refractivity contribution in [3.63, 3.8) is 0 Å². The van der Waals surface area contributed by atoms with E-state index in [1.165, 1.54) is 42.4 Å². The number of rotatable bonds is 3. The van der Waals surface area contributed by atoms with E-state index in [4.69, 9.17) is 0 Å². The third kappa shape index (κ3) is 2.59. The molecule has 0 amide bonds. The van der Waals surface area contributed by atoms with Gasteiger partial charge in [0.15, 0.2) is 0 Å². The van der Waals surface area contributed by atoms with Crippen LogP contribution in [0.2, 0.25) is 0 Å². The molecule has 2 heterocycles. The Balaban J connectivity index is 1.75. The quantitative estimate of drug-likeness (QED) is 0.903. The van der Waals surface area contributed by atoms with E-state index >= 15 is 0 Å². The standard InChI is InChI=1S/C15H21N3S/c1-3-11-4-6-12(7-5-11)18-15-14-13(16-9-17-15)10(2)8-19-14/h8-9,11-12H,3-7H2,1-2H3,(H,16,17,18). The Morgan fingerprint density at radius 1 is 1.26 bits per heavy atom. The highest BCUT2D eigenvalue weighted by Crippen LogP contribution is 2.32. The van der Waals surface area contributed by atoms with Crippen molar-refractivity contribution in [2.45, 2.75) is 52.0 Å². The van der Waals surface area contributed by atoms with Gasteiger partial charge in [-0.15, -0.1) is 11.3 Å². The molecule has 3 nitrogen and oxygen atoms in total. The first kappa shape index (κ1) is 12.9. The number of anilines is 1. The van der Waals surface area contributed by atoms with Crippen LogP contribution in [0.15, 0.2) is 11.7 Å². The highest BCUT2D eigenvalue weighted by atomic mass is 32.1. The molecule has 0 aromatic carbocycles. The maximum Gasteiger partial charge on any atom is 0.147 e. The summed E-state index contributed by atoms with van der Waals surface area (Å²) in [5, 5.41) is 5.81. The van der Waals surface area contributed by atoms with Crippen molar-refractivity contribution in [2.24, 2.45) is 5.92 Å². The molecule has 4 heteroatoms. The van der Waals surface area contributed by atoms with Crippen LogP contribution in [0.25, 0.3) is 10.2 Å². The van der Waals surface area contributed by atoms with Crippen molar-refractivity contribution >= 4 is 27.4 Å². The van der Waals surface area contributed by atoms with Crippen LogP contribution in [-0.2, 0) is 0 Å². The average molecular weight is 275 g/mol. The van der Waals surface area contributed by atoms with Gasteiger partial charge < -0.3 is 5.32 Å². The summed E-state index contributed by atoms with van der Waals surface area (Å²) in [7, 11) is 0. The van der Waals surface area contributed by atoms with E-state index in [1.54, 1.807) is 17.7 Å². The third-order valence-electron chi connectivity index (χ3n) is 4.30. The number of aryl methyl sites for hydroxylation is 1. The summed E-state index contributed by atoms with van der Waals surface area (Å²) in [6.07, 6.45) is 8.26. The van der Waals surface area contributed by atoms with Gasteiger partial charge in [0, 0.05) is 6.04 Å². The van der Waals surface area contributed by atoms with Crippen molar-refractivity contribution < 1.29 is 0 Å². The number of hydrogen-bond donors (Lipinski definition) is 1. The molecule has 0 aliphatic heterocycles. The molecule has 0 spiro atoms. The first-order valence-corrected chi connectivity index (χ1v) is 8.11. The van der Waals surface area contributed by atoms with Crippen molar-refractivity contribution in [1.29, 1.82) is 0 Å². The largest absolute Gasteiger partial charge is 0.366 e. The second-order valence-electron chi connectivity index (χ2n) is 5.59. The molecule has 1 saturated carbocycles. The molecule has 19 heavy (non-hydrogen) atoms. The van der Waals surface area contributed by atoms with Gasteiger partial charge in [-0.05, 0) is 49.5 Å². The van der Waals surface area contributed by atoms with Crippen LogP contribution in [0.3, 0.4) is 0 Å². The van der Waals surface area contributed by atoms with Gasteiger partial charge >= 0.3 is 0 Å². The van der Waals surface area contributed by atoms with E-state index in [0.29, 0.717) is 6.04 Å². The highest BCUT2D eigenvalue weighted by Gasteiger charge is 2.21. The van der Waals surface area contributed by atoms with Crippen LogP contribution >= 0.6 is 11.3 Å². The Labute approximate surface area is 118 Å². The van der Waals surface area contributed by atoms with Gasteiger partial charge in [0.1, 0.15) is 12.1 Å². The lowest BCUT2D eigenvalue weighted by Gasteiger charge is -2.28. The summed E-state index contributed by atoms with van der Waals surface area (Å²) in [4.78, 5) is 8.82. The topological polar surface area (TPSA) is 37.8 Å². The zero-order valence-electron chi connectivity index (χ0n) is 11.6. The number of hydrogen-bond acceptors (Lipinski definition) is 4. The molecule has 1 aliphatic rings. The monoisotopic (exact) mass is 275 g/mol. The van der Waals surface area contributed by atoms with E-state index in [0.717, 1.165) is 17.3 Å². The Kier molecular flexibility index (Phi) is 3.69. The molecule has 1 aliphatic carbocycles. The zero-order chi connectivity index (χ0) is 13.2. The molecule has 0 unspecified atom stereocenters. The van der Waals surface area contributed by atoms with Gasteiger partial charge in [0.2, 0.25) is 0 Å². The Morgan fingerprint density at radius 2 is 2.05 bits per heavy atom. The van der Waals surface area contributed by atoms with Crippen LogP contribution in [0.1, 0.15) is 44.6 Å². The van der Waals surface area contributed by atoms with Gasteiger partial charge in [-0.2, -0.15) is 0 Å². The first-order valence-electron chi connectivity index (χ1n) is 7.23. The molecule has 2 aromatic rings. The fraction of sp³-hybridized carbons (Fsp3) is 0.600. The lowest BCUT2D eigenvalue weighted by Crippen LogP contribution is -2.26. The van der Waals surface area contributed by atoms with Gasteiger partial charge in [-0.25, -0.2) is 9.97 Å². The van der Waals surface area contributed by atoms with Gasteiger partial charge in [-0.3, -0.25) is 0 Å². The summed E-state index contributed by atoms with van der Waals surface area (Å²) in [5.41, 5.74) is 2.35. The van der Waals surface area contributed by atoms with Gasteiger partial charge in [0.25, 0.3) is 0 Å². The zero-order valence-corrected chi connectivity index (χ0v) is 12.5. The van der Waals surface area contributed by atoms with Crippen LogP contribution in [0.4, 0.5) is 5.82 Å². The molecule has 2 aromatic heterocycles. The van der Waals surface area contributed by atoms with E-state index in [2.05, 4.69) is 34.5 Å². The lowest BCUT2D eigenvalue weighted by molar-refractivity contribution is 0.330. The fourth-order valence-corrected chi connectivity index (χ4v) is 3.94. The summed E-state index contributed by atoms with van der Waals surface area (Å²) in [6, 6.07) is 0.586. The van der Waals surface area contributed by atoms with Crippen molar-refractivity contribution in [3.05, 3.63) is 17.3 Å². The normalized spacial score (nSPS) is 23.7. The minimum Gasteiger partial charge on any atom is -0.366 e. The Bertz CT molecular complexity index is 556. The van der Waals surface area contributed by atoms with Crippen LogP contribution < -0.4 is 5.32 Å². The molecule has 1 N–H and O–H groups in total. The number of fused-ring (bicyclic) bond motifs is 1. The predicted octanol–water partition coefficient (Wildman–Crippen LogP) is 4.38. The van der Waals surface area contributed by atoms with Crippen LogP contribution in [-0.4, -0.2) is 16.0 Å². The second-order valence-corrected chi connectivity index (χ2v) is 6.47. The number of aromatic nitrogens is 2. The third-order valence-corrected chi connectivity index (χ3v) is 5.39. The van der Waals surface area contributed by atoms with Crippen molar-refractivity contribution in [2.75, 3.05) is 5.32 Å². The van der Waals surface area contributed by atoms with Crippen LogP contribution in [0, 0.1) is 12.8 Å². The molecule has 3 rings (SSSR count). The fourth-order valence-electron chi connectivity index (χ4n) is 2.98. The molecule has 0 radical (unpaired) electrons. The summed E-state index contributed by atoms with van der Waals surface area (Å²) >= 11 is 1.75. The summed E-state index contributed by atoms with van der Waals surface area (Å²) in [6.45, 7) is 4.42. The average Bonchev–Trinajstić information content (AvgIpc) is 2.83. The van der Waals surface area contributed by atoms with Gasteiger partial charge in [-0.1, -0.05) is 13.3 Å². The Morgan fingerprint density at radius 3 is 2.79 bits per heavy atom. The summed E-state index contributed by atoms with van der Waals surface area (Å²) in [5.74, 6) is 1.97. The molecule has 0 bridgehead atoms. The van der Waals surface area contributed by atoms with Crippen LogP contribution in [0.5, 0.6) is 0 Å². The molecular weight excluding hydrogens is 254 g/mol. The Hall–Kier alpha value is -1.16. The molecule has 0 atom stereocenters. The minimum absolute atomic E-state index is 0.586. The maximum atomic E-state index is 4.44. The first-order chi connectivity index (χ1) is 9.28. The van der Waals surface area contributed by atoms with E-state index in [1.807, 2.05) is 0 Å². The number of nitrogens with one attached hydrogen (secondary N) is 1. The minimum atomic E-state index is 0.586. The smallest absolute Gasteiger partial charge is 0.147 e. The van der Waals surface area contributed by atoms with Crippen molar-refractivity contribution in [3.8, 4) is 0 Å². The number of nitrogens with zero attached hydrogens (tertiary/aromatic N) is 2.